The SMILES string of the molecule is Cc1oc2ccccc2c1-c1cc(C(C)C)c(-n2c(-c3cccc4c3oc3ccccc34)nc3ccccc32)c(C(C)C)c1. The molecule has 3 aromatic heterocycles. The van der Waals surface area contributed by atoms with Gasteiger partial charge in [-0.15, -0.1) is 0 Å². The number of para-hydroxylation sites is 5. The van der Waals surface area contributed by atoms with Crippen LogP contribution in [0.1, 0.15) is 56.4 Å². The first-order valence-corrected chi connectivity index (χ1v) is 15.5. The molecule has 0 saturated carbocycles. The van der Waals surface area contributed by atoms with Crippen molar-refractivity contribution in [2.24, 2.45) is 0 Å². The molecular formula is C40H34N2O2. The molecule has 0 aliphatic rings. The molecule has 0 atom stereocenters. The first kappa shape index (κ1) is 26.5. The van der Waals surface area contributed by atoms with E-state index in [1.165, 1.54) is 27.9 Å². The molecule has 0 fully saturated rings. The number of furan rings is 2. The topological polar surface area (TPSA) is 44.1 Å². The van der Waals surface area contributed by atoms with Gasteiger partial charge in [0.25, 0.3) is 0 Å². The van der Waals surface area contributed by atoms with Gasteiger partial charge in [0.15, 0.2) is 0 Å². The van der Waals surface area contributed by atoms with Crippen LogP contribution in [-0.4, -0.2) is 9.55 Å². The Kier molecular flexibility index (Phi) is 6.02. The number of nitrogens with zero attached hydrogens (tertiary/aromatic N) is 2. The molecule has 4 nitrogen and oxygen atoms in total. The molecule has 3 heterocycles. The van der Waals surface area contributed by atoms with Crippen LogP contribution in [0.3, 0.4) is 0 Å². The normalized spacial score (nSPS) is 12.2. The Balaban J connectivity index is 1.47. The van der Waals surface area contributed by atoms with Crippen molar-refractivity contribution in [2.45, 2.75) is 46.5 Å². The monoisotopic (exact) mass is 574 g/mol. The third kappa shape index (κ3) is 3.94. The summed E-state index contributed by atoms with van der Waals surface area (Å²) >= 11 is 0. The van der Waals surface area contributed by atoms with Gasteiger partial charge in [0, 0.05) is 21.7 Å². The summed E-state index contributed by atoms with van der Waals surface area (Å²) in [4.78, 5) is 5.30. The largest absolute Gasteiger partial charge is 0.461 e. The molecule has 0 amide bonds. The van der Waals surface area contributed by atoms with E-state index in [2.05, 4.69) is 124 Å². The molecule has 8 aromatic rings. The summed E-state index contributed by atoms with van der Waals surface area (Å²) < 4.78 is 15.2. The third-order valence-electron chi connectivity index (χ3n) is 8.90. The molecule has 44 heavy (non-hydrogen) atoms. The van der Waals surface area contributed by atoms with Crippen LogP contribution in [0.25, 0.3) is 72.1 Å². The van der Waals surface area contributed by atoms with Gasteiger partial charge in [-0.3, -0.25) is 4.57 Å². The van der Waals surface area contributed by atoms with Gasteiger partial charge in [0.05, 0.1) is 22.3 Å². The first-order valence-electron chi connectivity index (χ1n) is 15.5. The highest BCUT2D eigenvalue weighted by Crippen LogP contribution is 2.44. The smallest absolute Gasteiger partial charge is 0.149 e. The molecule has 0 aliphatic heterocycles. The van der Waals surface area contributed by atoms with Crippen molar-refractivity contribution in [3.63, 3.8) is 0 Å². The van der Waals surface area contributed by atoms with Gasteiger partial charge in [0.2, 0.25) is 0 Å². The summed E-state index contributed by atoms with van der Waals surface area (Å²) in [5.41, 5.74) is 11.8. The van der Waals surface area contributed by atoms with Crippen LogP contribution in [0.4, 0.5) is 0 Å². The third-order valence-corrected chi connectivity index (χ3v) is 8.90. The molecule has 0 spiro atoms. The summed E-state index contributed by atoms with van der Waals surface area (Å²) in [5, 5.41) is 3.36. The number of imidazole rings is 1. The van der Waals surface area contributed by atoms with Crippen molar-refractivity contribution in [1.29, 1.82) is 0 Å². The maximum absolute atomic E-state index is 6.54. The summed E-state index contributed by atoms with van der Waals surface area (Å²) in [6.45, 7) is 11.2. The predicted molar refractivity (Wildman–Crippen MR) is 182 cm³/mol. The standard InChI is InChI=1S/C40H34N2O2/c1-23(2)31-21-26(37-25(5)43-36-20-11-7-14-29(36)37)22-32(24(3)4)38(31)42-34-18-9-8-17-33(34)41-40(42)30-16-12-15-28-27-13-6-10-19-35(27)44-39(28)30/h6-24H,1-5H3. The van der Waals surface area contributed by atoms with Crippen molar-refractivity contribution >= 4 is 43.9 Å². The lowest BCUT2D eigenvalue weighted by Crippen LogP contribution is -2.09. The maximum atomic E-state index is 6.54. The zero-order chi connectivity index (χ0) is 30.1. The van der Waals surface area contributed by atoms with E-state index in [4.69, 9.17) is 13.8 Å². The molecular weight excluding hydrogens is 540 g/mol. The van der Waals surface area contributed by atoms with Gasteiger partial charge >= 0.3 is 0 Å². The fourth-order valence-corrected chi connectivity index (χ4v) is 6.85. The summed E-state index contributed by atoms with van der Waals surface area (Å²) in [5.74, 6) is 2.35. The van der Waals surface area contributed by atoms with Gasteiger partial charge < -0.3 is 8.83 Å². The summed E-state index contributed by atoms with van der Waals surface area (Å²) in [6.07, 6.45) is 0. The second-order valence-corrected chi connectivity index (χ2v) is 12.4. The fourth-order valence-electron chi connectivity index (χ4n) is 6.85. The molecule has 8 rings (SSSR count). The van der Waals surface area contributed by atoms with Crippen LogP contribution in [0.15, 0.2) is 112 Å². The predicted octanol–water partition coefficient (Wildman–Crippen LogP) is 11.6. The van der Waals surface area contributed by atoms with Crippen LogP contribution in [0, 0.1) is 6.92 Å². The average Bonchev–Trinajstić information content (AvgIpc) is 3.70. The first-order chi connectivity index (χ1) is 21.4. The molecule has 0 aliphatic carbocycles. The van der Waals surface area contributed by atoms with Gasteiger partial charge in [-0.2, -0.15) is 0 Å². The Morgan fingerprint density at radius 2 is 1.25 bits per heavy atom. The molecule has 0 N–H and O–H groups in total. The zero-order valence-corrected chi connectivity index (χ0v) is 25.7. The Labute approximate surface area is 256 Å². The average molecular weight is 575 g/mol. The highest BCUT2D eigenvalue weighted by molar-refractivity contribution is 6.09. The maximum Gasteiger partial charge on any atom is 0.149 e. The summed E-state index contributed by atoms with van der Waals surface area (Å²) in [6, 6.07) is 36.2. The minimum Gasteiger partial charge on any atom is -0.461 e. The number of hydrogen-bond acceptors (Lipinski definition) is 3. The quantitative estimate of drug-likeness (QED) is 0.205. The van der Waals surface area contributed by atoms with Crippen LogP contribution in [-0.2, 0) is 0 Å². The Morgan fingerprint density at radius 3 is 1.98 bits per heavy atom. The van der Waals surface area contributed by atoms with E-state index in [0.29, 0.717) is 0 Å². The molecule has 0 bridgehead atoms. The van der Waals surface area contributed by atoms with E-state index < -0.39 is 0 Å². The number of fused-ring (bicyclic) bond motifs is 5. The van der Waals surface area contributed by atoms with E-state index in [-0.39, 0.29) is 11.8 Å². The van der Waals surface area contributed by atoms with Crippen molar-refractivity contribution in [3.05, 3.63) is 120 Å². The van der Waals surface area contributed by atoms with Crippen LogP contribution in [0.2, 0.25) is 0 Å². The van der Waals surface area contributed by atoms with Gasteiger partial charge in [-0.05, 0) is 77.9 Å². The van der Waals surface area contributed by atoms with Crippen LogP contribution >= 0.6 is 0 Å². The van der Waals surface area contributed by atoms with E-state index in [0.717, 1.165) is 61.1 Å². The van der Waals surface area contributed by atoms with Crippen molar-refractivity contribution in [1.82, 2.24) is 9.55 Å². The van der Waals surface area contributed by atoms with Gasteiger partial charge in [0.1, 0.15) is 28.3 Å². The Morgan fingerprint density at radius 1 is 0.636 bits per heavy atom. The molecule has 4 heteroatoms. The highest BCUT2D eigenvalue weighted by atomic mass is 16.3. The molecule has 0 radical (unpaired) electrons. The Hall–Kier alpha value is -5.09. The number of aromatic nitrogens is 2. The molecule has 0 unspecified atom stereocenters. The van der Waals surface area contributed by atoms with E-state index in [1.807, 2.05) is 18.2 Å². The van der Waals surface area contributed by atoms with Crippen molar-refractivity contribution < 1.29 is 8.83 Å². The molecule has 216 valence electrons. The summed E-state index contributed by atoms with van der Waals surface area (Å²) in [7, 11) is 0. The number of benzene rings is 5. The number of rotatable bonds is 5. The second kappa shape index (κ2) is 9.99. The minimum absolute atomic E-state index is 0.261. The van der Waals surface area contributed by atoms with E-state index in [1.54, 1.807) is 0 Å². The number of aryl methyl sites for hydroxylation is 1. The molecule has 5 aromatic carbocycles. The van der Waals surface area contributed by atoms with Crippen LogP contribution < -0.4 is 0 Å². The highest BCUT2D eigenvalue weighted by Gasteiger charge is 2.26. The zero-order valence-electron chi connectivity index (χ0n) is 25.7. The molecule has 0 saturated heterocycles. The van der Waals surface area contributed by atoms with Gasteiger partial charge in [-0.1, -0.05) is 88.4 Å². The lowest BCUT2D eigenvalue weighted by Gasteiger charge is -2.24. The van der Waals surface area contributed by atoms with Crippen LogP contribution in [0.5, 0.6) is 0 Å². The minimum atomic E-state index is 0.261. The lowest BCUT2D eigenvalue weighted by atomic mass is 9.87. The second-order valence-electron chi connectivity index (χ2n) is 12.4. The van der Waals surface area contributed by atoms with E-state index in [9.17, 15) is 0 Å². The van der Waals surface area contributed by atoms with Gasteiger partial charge in [-0.25, -0.2) is 4.98 Å². The van der Waals surface area contributed by atoms with E-state index >= 15 is 0 Å². The fraction of sp³-hybridized carbons (Fsp3) is 0.175. The van der Waals surface area contributed by atoms with Crippen molar-refractivity contribution in [3.8, 4) is 28.2 Å². The van der Waals surface area contributed by atoms with Crippen molar-refractivity contribution in [2.75, 3.05) is 0 Å². The lowest BCUT2D eigenvalue weighted by molar-refractivity contribution is 0.580. The number of hydrogen-bond donors (Lipinski definition) is 0. The Bertz CT molecular complexity index is 2330.